The predicted molar refractivity (Wildman–Crippen MR) is 87.3 cm³/mol. The van der Waals surface area contributed by atoms with Crippen molar-refractivity contribution in [2.45, 2.75) is 63.6 Å². The summed E-state index contributed by atoms with van der Waals surface area (Å²) in [6.07, 6.45) is 8.58. The number of nitrogens with zero attached hydrogens (tertiary/aromatic N) is 1. The molecule has 4 unspecified atom stereocenters. The van der Waals surface area contributed by atoms with Crippen LogP contribution in [-0.2, 0) is 0 Å². The van der Waals surface area contributed by atoms with Gasteiger partial charge < -0.3 is 5.32 Å². The quantitative estimate of drug-likeness (QED) is 0.900. The Morgan fingerprint density at radius 3 is 2.95 bits per heavy atom. The van der Waals surface area contributed by atoms with Crippen molar-refractivity contribution >= 4 is 11.3 Å². The molecule has 20 heavy (non-hydrogen) atoms. The summed E-state index contributed by atoms with van der Waals surface area (Å²) >= 11 is 1.88. The minimum absolute atomic E-state index is 0.542. The lowest BCUT2D eigenvalue weighted by atomic mass is 9.77. The van der Waals surface area contributed by atoms with E-state index in [2.05, 4.69) is 41.7 Å². The molecule has 3 rings (SSSR count). The highest BCUT2D eigenvalue weighted by Crippen LogP contribution is 2.33. The van der Waals surface area contributed by atoms with Crippen LogP contribution in [0.4, 0.5) is 0 Å². The molecule has 0 spiro atoms. The number of nitrogens with one attached hydrogen (secondary N) is 1. The Morgan fingerprint density at radius 1 is 1.30 bits per heavy atom. The summed E-state index contributed by atoms with van der Waals surface area (Å²) in [6.45, 7) is 3.51. The molecule has 2 heterocycles. The summed E-state index contributed by atoms with van der Waals surface area (Å²) in [6, 6.07) is 6.48. The molecule has 0 aromatic carbocycles. The highest BCUT2D eigenvalue weighted by atomic mass is 32.1. The topological polar surface area (TPSA) is 15.3 Å². The van der Waals surface area contributed by atoms with Crippen molar-refractivity contribution in [3.05, 3.63) is 22.4 Å². The molecule has 1 saturated carbocycles. The summed E-state index contributed by atoms with van der Waals surface area (Å²) in [5, 5.41) is 6.13. The molecule has 1 aliphatic heterocycles. The van der Waals surface area contributed by atoms with Gasteiger partial charge >= 0.3 is 0 Å². The smallest absolute Gasteiger partial charge is 0.0410 e. The predicted octanol–water partition coefficient (Wildman–Crippen LogP) is 4.05. The number of thiophene rings is 1. The van der Waals surface area contributed by atoms with Crippen molar-refractivity contribution < 1.29 is 0 Å². The molecule has 112 valence electrons. The normalized spacial score (nSPS) is 32.0. The second-order valence-electron chi connectivity index (χ2n) is 6.72. The monoisotopic (exact) mass is 292 g/mol. The number of hydrogen-bond acceptors (Lipinski definition) is 3. The largest absolute Gasteiger partial charge is 0.310 e. The first-order valence-corrected chi connectivity index (χ1v) is 9.11. The first-order valence-electron chi connectivity index (χ1n) is 8.23. The Labute approximate surface area is 127 Å². The Balaban J connectivity index is 1.52. The molecule has 1 aliphatic carbocycles. The van der Waals surface area contributed by atoms with E-state index in [1.54, 1.807) is 0 Å². The van der Waals surface area contributed by atoms with Crippen molar-refractivity contribution in [2.75, 3.05) is 13.6 Å². The van der Waals surface area contributed by atoms with Gasteiger partial charge in [-0.3, -0.25) is 4.90 Å². The van der Waals surface area contributed by atoms with Crippen LogP contribution < -0.4 is 5.32 Å². The number of hydrogen-bond donors (Lipinski definition) is 1. The van der Waals surface area contributed by atoms with Gasteiger partial charge in [0.15, 0.2) is 0 Å². The SMILES string of the molecule is CC(c1cccs1)N(C)CC1CCC2CCCCC2N1. The number of likely N-dealkylation sites (N-methyl/N-ethyl adjacent to an activating group) is 1. The van der Waals surface area contributed by atoms with Crippen molar-refractivity contribution in [1.29, 1.82) is 0 Å². The Hall–Kier alpha value is -0.380. The van der Waals surface area contributed by atoms with Gasteiger partial charge in [0.25, 0.3) is 0 Å². The van der Waals surface area contributed by atoms with E-state index in [4.69, 9.17) is 0 Å². The molecule has 2 nitrogen and oxygen atoms in total. The number of piperidine rings is 1. The maximum atomic E-state index is 3.95. The molecule has 2 aliphatic rings. The third-order valence-electron chi connectivity index (χ3n) is 5.37. The van der Waals surface area contributed by atoms with Crippen molar-refractivity contribution in [3.63, 3.8) is 0 Å². The minimum Gasteiger partial charge on any atom is -0.310 e. The fourth-order valence-corrected chi connectivity index (χ4v) is 4.82. The van der Waals surface area contributed by atoms with Gasteiger partial charge in [-0.15, -0.1) is 11.3 Å². The van der Waals surface area contributed by atoms with Crippen molar-refractivity contribution in [1.82, 2.24) is 10.2 Å². The lowest BCUT2D eigenvalue weighted by Gasteiger charge is -2.42. The van der Waals surface area contributed by atoms with Gasteiger partial charge in [-0.05, 0) is 57.0 Å². The van der Waals surface area contributed by atoms with Crippen LogP contribution in [0.3, 0.4) is 0 Å². The van der Waals surface area contributed by atoms with Crippen molar-refractivity contribution in [2.24, 2.45) is 5.92 Å². The second-order valence-corrected chi connectivity index (χ2v) is 7.70. The molecule has 1 saturated heterocycles. The van der Waals surface area contributed by atoms with Gasteiger partial charge in [0.05, 0.1) is 0 Å². The van der Waals surface area contributed by atoms with E-state index in [1.165, 1.54) is 49.9 Å². The molecule has 1 N–H and O–H groups in total. The first-order chi connectivity index (χ1) is 9.74. The molecule has 1 aromatic heterocycles. The second kappa shape index (κ2) is 6.59. The Kier molecular flexibility index (Phi) is 4.79. The average molecular weight is 292 g/mol. The standard InChI is InChI=1S/C17H28N2S/c1-13(17-8-5-11-20-17)19(2)12-15-10-9-14-6-3-4-7-16(14)18-15/h5,8,11,13-16,18H,3-4,6-7,9-10,12H2,1-2H3. The van der Waals surface area contributed by atoms with E-state index < -0.39 is 0 Å². The lowest BCUT2D eigenvalue weighted by Crippen LogP contribution is -2.52. The lowest BCUT2D eigenvalue weighted by molar-refractivity contribution is 0.141. The number of rotatable bonds is 4. The molecule has 3 heteroatoms. The zero-order valence-electron chi connectivity index (χ0n) is 12.8. The Morgan fingerprint density at radius 2 is 2.15 bits per heavy atom. The first kappa shape index (κ1) is 14.6. The van der Waals surface area contributed by atoms with Crippen LogP contribution in [0.2, 0.25) is 0 Å². The summed E-state index contributed by atoms with van der Waals surface area (Å²) in [4.78, 5) is 4.01. The molecule has 4 atom stereocenters. The molecular weight excluding hydrogens is 264 g/mol. The summed E-state index contributed by atoms with van der Waals surface area (Å²) in [5.74, 6) is 0.972. The summed E-state index contributed by atoms with van der Waals surface area (Å²) in [5.41, 5.74) is 0. The van der Waals surface area contributed by atoms with Crippen LogP contribution in [0.1, 0.15) is 56.4 Å². The molecular formula is C17H28N2S. The van der Waals surface area contributed by atoms with Gasteiger partial charge in [0.2, 0.25) is 0 Å². The zero-order valence-corrected chi connectivity index (χ0v) is 13.7. The highest BCUT2D eigenvalue weighted by molar-refractivity contribution is 7.10. The molecule has 1 aromatic rings. The summed E-state index contributed by atoms with van der Waals surface area (Å²) in [7, 11) is 2.28. The van der Waals surface area contributed by atoms with Crippen LogP contribution in [-0.4, -0.2) is 30.6 Å². The average Bonchev–Trinajstić information content (AvgIpc) is 3.00. The van der Waals surface area contributed by atoms with E-state index in [9.17, 15) is 0 Å². The molecule has 0 radical (unpaired) electrons. The minimum atomic E-state index is 0.542. The fourth-order valence-electron chi connectivity index (χ4n) is 3.97. The third-order valence-corrected chi connectivity index (χ3v) is 6.41. The maximum Gasteiger partial charge on any atom is 0.0410 e. The van der Waals surface area contributed by atoms with Crippen LogP contribution in [0, 0.1) is 5.92 Å². The van der Waals surface area contributed by atoms with Crippen LogP contribution in [0.25, 0.3) is 0 Å². The molecule has 0 amide bonds. The Bertz CT molecular complexity index is 403. The summed E-state index contributed by atoms with van der Waals surface area (Å²) < 4.78 is 0. The highest BCUT2D eigenvalue weighted by Gasteiger charge is 2.32. The van der Waals surface area contributed by atoms with E-state index in [1.807, 2.05) is 11.3 Å². The third kappa shape index (κ3) is 3.26. The zero-order chi connectivity index (χ0) is 13.9. The van der Waals surface area contributed by atoms with Crippen LogP contribution in [0.15, 0.2) is 17.5 Å². The van der Waals surface area contributed by atoms with Gasteiger partial charge in [-0.25, -0.2) is 0 Å². The molecule has 2 fully saturated rings. The van der Waals surface area contributed by atoms with E-state index in [-0.39, 0.29) is 0 Å². The maximum absolute atomic E-state index is 3.95. The van der Waals surface area contributed by atoms with Crippen LogP contribution >= 0.6 is 11.3 Å². The molecule has 0 bridgehead atoms. The van der Waals surface area contributed by atoms with Gasteiger partial charge in [-0.2, -0.15) is 0 Å². The van der Waals surface area contributed by atoms with Crippen molar-refractivity contribution in [3.8, 4) is 0 Å². The van der Waals surface area contributed by atoms with Gasteiger partial charge in [0.1, 0.15) is 0 Å². The van der Waals surface area contributed by atoms with E-state index >= 15 is 0 Å². The fraction of sp³-hybridized carbons (Fsp3) is 0.765. The van der Waals surface area contributed by atoms with E-state index in [0.29, 0.717) is 12.1 Å². The van der Waals surface area contributed by atoms with Crippen LogP contribution in [0.5, 0.6) is 0 Å². The number of fused-ring (bicyclic) bond motifs is 1. The van der Waals surface area contributed by atoms with E-state index in [0.717, 1.165) is 12.0 Å². The van der Waals surface area contributed by atoms with Gasteiger partial charge in [-0.1, -0.05) is 18.9 Å². The van der Waals surface area contributed by atoms with Gasteiger partial charge in [0, 0.05) is 29.5 Å².